The van der Waals surface area contributed by atoms with Crippen LogP contribution in [0.4, 0.5) is 10.1 Å². The number of nitrogens with one attached hydrogen (secondary N) is 2. The van der Waals surface area contributed by atoms with E-state index in [4.69, 9.17) is 9.47 Å². The molecule has 0 atom stereocenters. The number of aryl methyl sites for hydroxylation is 1. The third-order valence-corrected chi connectivity index (χ3v) is 5.14. The fraction of sp³-hybridized carbons (Fsp3) is 0.200. The van der Waals surface area contributed by atoms with Gasteiger partial charge in [-0.05, 0) is 48.4 Å². The summed E-state index contributed by atoms with van der Waals surface area (Å²) in [7, 11) is 0. The molecular formula is C25H23FN2O4. The second-order valence-electron chi connectivity index (χ2n) is 7.45. The molecule has 0 unspecified atom stereocenters. The normalized spacial score (nSPS) is 12.6. The second-order valence-corrected chi connectivity index (χ2v) is 7.45. The van der Waals surface area contributed by atoms with Crippen molar-refractivity contribution in [3.63, 3.8) is 0 Å². The average Bonchev–Trinajstić information content (AvgIpc) is 3.04. The van der Waals surface area contributed by atoms with Crippen molar-refractivity contribution >= 4 is 17.5 Å². The van der Waals surface area contributed by atoms with Gasteiger partial charge in [0, 0.05) is 13.0 Å². The SMILES string of the molecule is Cc1cccc(C(=O)NCc2ccc3c(c2)OCCCO3)c1NC(=O)c1ccccc1F. The lowest BCUT2D eigenvalue weighted by atomic mass is 10.1. The summed E-state index contributed by atoms with van der Waals surface area (Å²) in [6.07, 6.45) is 0.815. The van der Waals surface area contributed by atoms with Crippen molar-refractivity contribution in [3.8, 4) is 11.5 Å². The van der Waals surface area contributed by atoms with Gasteiger partial charge >= 0.3 is 0 Å². The quantitative estimate of drug-likeness (QED) is 0.621. The third-order valence-electron chi connectivity index (χ3n) is 5.14. The maximum absolute atomic E-state index is 14.0. The van der Waals surface area contributed by atoms with Gasteiger partial charge in [0.2, 0.25) is 0 Å². The monoisotopic (exact) mass is 434 g/mol. The van der Waals surface area contributed by atoms with Gasteiger partial charge in [0.25, 0.3) is 11.8 Å². The molecule has 0 radical (unpaired) electrons. The fourth-order valence-electron chi connectivity index (χ4n) is 3.44. The minimum atomic E-state index is -0.626. The molecule has 6 nitrogen and oxygen atoms in total. The molecule has 1 aliphatic rings. The zero-order chi connectivity index (χ0) is 22.5. The van der Waals surface area contributed by atoms with E-state index < -0.39 is 11.7 Å². The molecule has 0 saturated heterocycles. The molecule has 3 aromatic carbocycles. The van der Waals surface area contributed by atoms with Crippen LogP contribution in [0.5, 0.6) is 11.5 Å². The number of rotatable bonds is 5. The maximum atomic E-state index is 14.0. The Morgan fingerprint density at radius 1 is 0.906 bits per heavy atom. The summed E-state index contributed by atoms with van der Waals surface area (Å²) in [6, 6.07) is 16.4. The summed E-state index contributed by atoms with van der Waals surface area (Å²) < 4.78 is 25.3. The van der Waals surface area contributed by atoms with Crippen LogP contribution in [0.15, 0.2) is 60.7 Å². The summed E-state index contributed by atoms with van der Waals surface area (Å²) in [5, 5.41) is 5.56. The number of ether oxygens (including phenoxy) is 2. The lowest BCUT2D eigenvalue weighted by Crippen LogP contribution is -2.25. The number of hydrogen-bond donors (Lipinski definition) is 2. The molecule has 2 amide bonds. The van der Waals surface area contributed by atoms with Crippen molar-refractivity contribution in [3.05, 3.63) is 88.7 Å². The molecule has 0 aliphatic carbocycles. The van der Waals surface area contributed by atoms with Crippen molar-refractivity contribution in [2.24, 2.45) is 0 Å². The van der Waals surface area contributed by atoms with E-state index >= 15 is 0 Å². The van der Waals surface area contributed by atoms with Gasteiger partial charge in [0.15, 0.2) is 11.5 Å². The summed E-state index contributed by atoms with van der Waals surface area (Å²) in [5.74, 6) is -0.255. The maximum Gasteiger partial charge on any atom is 0.258 e. The highest BCUT2D eigenvalue weighted by Gasteiger charge is 2.18. The predicted octanol–water partition coefficient (Wildman–Crippen LogP) is 4.48. The van der Waals surface area contributed by atoms with Crippen LogP contribution in [0.25, 0.3) is 0 Å². The van der Waals surface area contributed by atoms with Crippen molar-refractivity contribution in [1.29, 1.82) is 0 Å². The zero-order valence-electron chi connectivity index (χ0n) is 17.6. The first-order valence-corrected chi connectivity index (χ1v) is 10.3. The summed E-state index contributed by atoms with van der Waals surface area (Å²) in [5.41, 5.74) is 2.10. The van der Waals surface area contributed by atoms with E-state index in [1.165, 1.54) is 18.2 Å². The van der Waals surface area contributed by atoms with Crippen LogP contribution in [0.2, 0.25) is 0 Å². The van der Waals surface area contributed by atoms with Crippen molar-refractivity contribution in [1.82, 2.24) is 5.32 Å². The van der Waals surface area contributed by atoms with Crippen LogP contribution in [0.3, 0.4) is 0 Å². The number of carbonyl (C=O) groups is 2. The van der Waals surface area contributed by atoms with Crippen LogP contribution in [-0.2, 0) is 6.54 Å². The number of benzene rings is 3. The first-order chi connectivity index (χ1) is 15.5. The third kappa shape index (κ3) is 4.72. The van der Waals surface area contributed by atoms with Gasteiger partial charge in [-0.2, -0.15) is 0 Å². The summed E-state index contributed by atoms with van der Waals surface area (Å²) in [6.45, 7) is 3.23. The van der Waals surface area contributed by atoms with E-state index in [2.05, 4.69) is 10.6 Å². The highest BCUT2D eigenvalue weighted by molar-refractivity contribution is 6.09. The molecule has 164 valence electrons. The highest BCUT2D eigenvalue weighted by atomic mass is 19.1. The minimum Gasteiger partial charge on any atom is -0.490 e. The lowest BCUT2D eigenvalue weighted by molar-refractivity contribution is 0.0951. The Morgan fingerprint density at radius 3 is 2.47 bits per heavy atom. The van der Waals surface area contributed by atoms with Crippen molar-refractivity contribution < 1.29 is 23.5 Å². The molecular weight excluding hydrogens is 411 g/mol. The lowest BCUT2D eigenvalue weighted by Gasteiger charge is -2.15. The Labute approximate surface area is 185 Å². The van der Waals surface area contributed by atoms with E-state index in [1.807, 2.05) is 18.2 Å². The first-order valence-electron chi connectivity index (χ1n) is 10.3. The Bertz CT molecular complexity index is 1160. The number of hydrogen-bond acceptors (Lipinski definition) is 4. The van der Waals surface area contributed by atoms with E-state index in [1.54, 1.807) is 31.2 Å². The molecule has 2 N–H and O–H groups in total. The van der Waals surface area contributed by atoms with Gasteiger partial charge in [-0.1, -0.05) is 30.3 Å². The van der Waals surface area contributed by atoms with Crippen LogP contribution in [-0.4, -0.2) is 25.0 Å². The number of para-hydroxylation sites is 1. The standard InChI is InChI=1S/C25H23FN2O4/c1-16-6-4-8-19(23(16)28-25(30)18-7-2-3-9-20(18)26)24(29)27-15-17-10-11-21-22(14-17)32-13-5-12-31-21/h2-4,6-11,14H,5,12-13,15H2,1H3,(H,27,29)(H,28,30). The largest absolute Gasteiger partial charge is 0.490 e. The molecule has 3 aromatic rings. The molecule has 0 bridgehead atoms. The zero-order valence-corrected chi connectivity index (χ0v) is 17.6. The van der Waals surface area contributed by atoms with E-state index in [-0.39, 0.29) is 18.0 Å². The average molecular weight is 434 g/mol. The summed E-state index contributed by atoms with van der Waals surface area (Å²) in [4.78, 5) is 25.5. The van der Waals surface area contributed by atoms with Crippen molar-refractivity contribution in [2.75, 3.05) is 18.5 Å². The molecule has 1 heterocycles. The fourth-order valence-corrected chi connectivity index (χ4v) is 3.44. The molecule has 32 heavy (non-hydrogen) atoms. The van der Waals surface area contributed by atoms with Gasteiger partial charge < -0.3 is 20.1 Å². The van der Waals surface area contributed by atoms with E-state index in [0.29, 0.717) is 41.5 Å². The smallest absolute Gasteiger partial charge is 0.258 e. The molecule has 0 saturated carbocycles. The van der Waals surface area contributed by atoms with Gasteiger partial charge in [-0.15, -0.1) is 0 Å². The topological polar surface area (TPSA) is 76.7 Å². The Morgan fingerprint density at radius 2 is 1.66 bits per heavy atom. The van der Waals surface area contributed by atoms with Gasteiger partial charge in [-0.3, -0.25) is 9.59 Å². The van der Waals surface area contributed by atoms with Crippen LogP contribution >= 0.6 is 0 Å². The van der Waals surface area contributed by atoms with Gasteiger partial charge in [0.1, 0.15) is 5.82 Å². The summed E-state index contributed by atoms with van der Waals surface area (Å²) >= 11 is 0. The molecule has 0 fully saturated rings. The highest BCUT2D eigenvalue weighted by Crippen LogP contribution is 2.30. The number of carbonyl (C=O) groups excluding carboxylic acids is 2. The Hall–Kier alpha value is -3.87. The first kappa shape index (κ1) is 21.4. The van der Waals surface area contributed by atoms with E-state index in [0.717, 1.165) is 12.0 Å². The Balaban J connectivity index is 1.50. The number of halogens is 1. The second kappa shape index (κ2) is 9.51. The number of amides is 2. The van der Waals surface area contributed by atoms with Gasteiger partial charge in [-0.25, -0.2) is 4.39 Å². The van der Waals surface area contributed by atoms with Crippen molar-refractivity contribution in [2.45, 2.75) is 19.9 Å². The van der Waals surface area contributed by atoms with E-state index in [9.17, 15) is 14.0 Å². The molecule has 0 aromatic heterocycles. The molecule has 0 spiro atoms. The van der Waals surface area contributed by atoms with Gasteiger partial charge in [0.05, 0.1) is 30.0 Å². The number of fused-ring (bicyclic) bond motifs is 1. The number of anilines is 1. The predicted molar refractivity (Wildman–Crippen MR) is 119 cm³/mol. The van der Waals surface area contributed by atoms with Crippen LogP contribution in [0.1, 0.15) is 38.3 Å². The molecule has 1 aliphatic heterocycles. The minimum absolute atomic E-state index is 0.0886. The molecule has 7 heteroatoms. The van der Waals surface area contributed by atoms with Crippen LogP contribution < -0.4 is 20.1 Å². The van der Waals surface area contributed by atoms with Crippen LogP contribution in [0, 0.1) is 12.7 Å². The molecule has 4 rings (SSSR count). The Kier molecular flexibility index (Phi) is 6.35.